The molecule has 1 N–H and O–H groups in total. The van der Waals surface area contributed by atoms with E-state index in [4.69, 9.17) is 0 Å². The number of amides is 1. The summed E-state index contributed by atoms with van der Waals surface area (Å²) < 4.78 is 25.5. The highest BCUT2D eigenvalue weighted by molar-refractivity contribution is 7.90. The van der Waals surface area contributed by atoms with Gasteiger partial charge in [-0.15, -0.1) is 0 Å². The first kappa shape index (κ1) is 18.9. The van der Waals surface area contributed by atoms with Crippen LogP contribution in [0.1, 0.15) is 15.9 Å². The van der Waals surface area contributed by atoms with Crippen LogP contribution in [-0.2, 0) is 9.84 Å². The Labute approximate surface area is 168 Å². The van der Waals surface area contributed by atoms with Crippen LogP contribution in [0.4, 0.5) is 5.69 Å². The van der Waals surface area contributed by atoms with Gasteiger partial charge in [0.05, 0.1) is 15.9 Å². The largest absolute Gasteiger partial charge is 0.322 e. The molecule has 0 bridgehead atoms. The molecule has 1 amide bonds. The molecule has 0 aliphatic carbocycles. The van der Waals surface area contributed by atoms with Gasteiger partial charge in [-0.05, 0) is 61.0 Å². The van der Waals surface area contributed by atoms with Gasteiger partial charge in [0.15, 0.2) is 9.84 Å². The summed E-state index contributed by atoms with van der Waals surface area (Å²) in [6, 6.07) is 19.8. The van der Waals surface area contributed by atoms with Gasteiger partial charge in [-0.25, -0.2) is 13.4 Å². The third-order valence-electron chi connectivity index (χ3n) is 4.74. The van der Waals surface area contributed by atoms with Crippen molar-refractivity contribution in [1.29, 1.82) is 0 Å². The highest BCUT2D eigenvalue weighted by Crippen LogP contribution is 2.21. The molecule has 3 aromatic carbocycles. The molecule has 0 radical (unpaired) electrons. The number of carbonyl (C=O) groups is 1. The van der Waals surface area contributed by atoms with Crippen LogP contribution in [0.25, 0.3) is 16.7 Å². The Morgan fingerprint density at radius 1 is 1.00 bits per heavy atom. The summed E-state index contributed by atoms with van der Waals surface area (Å²) in [6.07, 6.45) is 2.89. The van der Waals surface area contributed by atoms with Crippen LogP contribution >= 0.6 is 0 Å². The fourth-order valence-corrected chi connectivity index (χ4v) is 3.79. The molecule has 4 aromatic rings. The van der Waals surface area contributed by atoms with Gasteiger partial charge in [0.2, 0.25) is 0 Å². The van der Waals surface area contributed by atoms with Crippen molar-refractivity contribution >= 4 is 32.5 Å². The predicted octanol–water partition coefficient (Wildman–Crippen LogP) is 3.99. The maximum atomic E-state index is 12.7. The first-order valence-corrected chi connectivity index (χ1v) is 10.9. The first-order chi connectivity index (χ1) is 13.8. The van der Waals surface area contributed by atoms with E-state index in [0.29, 0.717) is 16.8 Å². The second-order valence-corrected chi connectivity index (χ2v) is 8.87. The summed E-state index contributed by atoms with van der Waals surface area (Å²) in [7, 11) is -3.39. The molecular weight excluding hydrogens is 386 g/mol. The van der Waals surface area contributed by atoms with Crippen molar-refractivity contribution in [1.82, 2.24) is 9.55 Å². The monoisotopic (exact) mass is 405 g/mol. The van der Waals surface area contributed by atoms with Crippen molar-refractivity contribution in [3.63, 3.8) is 0 Å². The quantitative estimate of drug-likeness (QED) is 0.557. The topological polar surface area (TPSA) is 81.1 Å². The van der Waals surface area contributed by atoms with Crippen molar-refractivity contribution < 1.29 is 13.2 Å². The van der Waals surface area contributed by atoms with E-state index >= 15 is 0 Å². The van der Waals surface area contributed by atoms with Gasteiger partial charge in [-0.1, -0.05) is 18.2 Å². The molecule has 6 nitrogen and oxygen atoms in total. The number of nitrogens with one attached hydrogen (secondary N) is 1. The molecule has 0 saturated heterocycles. The number of para-hydroxylation sites is 2. The summed E-state index contributed by atoms with van der Waals surface area (Å²) in [5.74, 6) is -0.353. The van der Waals surface area contributed by atoms with Crippen molar-refractivity contribution in [3.8, 4) is 5.69 Å². The number of benzene rings is 3. The predicted molar refractivity (Wildman–Crippen MR) is 113 cm³/mol. The smallest absolute Gasteiger partial charge is 0.255 e. The Kier molecular flexibility index (Phi) is 4.68. The number of imidazole rings is 1. The Balaban J connectivity index is 1.59. The van der Waals surface area contributed by atoms with E-state index in [1.807, 2.05) is 41.0 Å². The molecule has 0 aliphatic rings. The van der Waals surface area contributed by atoms with Gasteiger partial charge in [0.25, 0.3) is 5.91 Å². The molecule has 29 heavy (non-hydrogen) atoms. The number of aryl methyl sites for hydroxylation is 1. The summed E-state index contributed by atoms with van der Waals surface area (Å²) in [5, 5.41) is 2.83. The number of hydrogen-bond acceptors (Lipinski definition) is 4. The number of fused-ring (bicyclic) bond motifs is 1. The number of rotatable bonds is 4. The molecule has 0 saturated carbocycles. The van der Waals surface area contributed by atoms with E-state index in [0.717, 1.165) is 23.0 Å². The number of aromatic nitrogens is 2. The van der Waals surface area contributed by atoms with Gasteiger partial charge >= 0.3 is 0 Å². The van der Waals surface area contributed by atoms with Crippen molar-refractivity contribution in [2.24, 2.45) is 0 Å². The number of sulfone groups is 1. The average Bonchev–Trinajstić information content (AvgIpc) is 3.12. The lowest BCUT2D eigenvalue weighted by Crippen LogP contribution is -2.14. The Morgan fingerprint density at radius 3 is 2.45 bits per heavy atom. The van der Waals surface area contributed by atoms with Crippen LogP contribution in [0.15, 0.2) is 78.0 Å². The van der Waals surface area contributed by atoms with Crippen molar-refractivity contribution in [2.45, 2.75) is 11.8 Å². The van der Waals surface area contributed by atoms with Gasteiger partial charge in [-0.2, -0.15) is 0 Å². The summed E-state index contributed by atoms with van der Waals surface area (Å²) in [6.45, 7) is 1.77. The van der Waals surface area contributed by atoms with Gasteiger partial charge in [0.1, 0.15) is 6.33 Å². The second-order valence-electron chi connectivity index (χ2n) is 6.85. The highest BCUT2D eigenvalue weighted by atomic mass is 32.2. The normalized spacial score (nSPS) is 11.5. The minimum Gasteiger partial charge on any atom is -0.322 e. The first-order valence-electron chi connectivity index (χ1n) is 8.97. The van der Waals surface area contributed by atoms with Crippen LogP contribution < -0.4 is 5.32 Å². The van der Waals surface area contributed by atoms with E-state index in [1.54, 1.807) is 31.5 Å². The van der Waals surface area contributed by atoms with Crippen molar-refractivity contribution in [2.75, 3.05) is 11.6 Å². The number of carbonyl (C=O) groups excluding carboxylic acids is 1. The molecule has 0 atom stereocenters. The maximum absolute atomic E-state index is 12.7. The van der Waals surface area contributed by atoms with E-state index in [9.17, 15) is 13.2 Å². The van der Waals surface area contributed by atoms with Gasteiger partial charge < -0.3 is 5.32 Å². The van der Waals surface area contributed by atoms with Crippen LogP contribution in [0.2, 0.25) is 0 Å². The minimum absolute atomic E-state index is 0.121. The Bertz CT molecular complexity index is 1320. The molecule has 0 spiro atoms. The lowest BCUT2D eigenvalue weighted by molar-refractivity contribution is 0.102. The van der Waals surface area contributed by atoms with E-state index < -0.39 is 9.84 Å². The fourth-order valence-electron chi connectivity index (χ4n) is 3.15. The lowest BCUT2D eigenvalue weighted by Gasteiger charge is -2.10. The summed E-state index contributed by atoms with van der Waals surface area (Å²) >= 11 is 0. The minimum atomic E-state index is -3.39. The molecule has 4 rings (SSSR count). The van der Waals surface area contributed by atoms with Crippen molar-refractivity contribution in [3.05, 3.63) is 84.2 Å². The van der Waals surface area contributed by atoms with E-state index in [2.05, 4.69) is 10.3 Å². The summed E-state index contributed by atoms with van der Waals surface area (Å²) in [4.78, 5) is 17.2. The molecule has 0 aliphatic heterocycles. The fraction of sp³-hybridized carbons (Fsp3) is 0.0909. The maximum Gasteiger partial charge on any atom is 0.255 e. The van der Waals surface area contributed by atoms with Crippen LogP contribution in [-0.4, -0.2) is 30.1 Å². The zero-order chi connectivity index (χ0) is 20.6. The molecule has 0 unspecified atom stereocenters. The SMILES string of the molecule is Cc1ccc(S(C)(=O)=O)cc1C(=O)Nc1ccc(-n2cnc3ccccc32)cc1. The molecule has 1 aromatic heterocycles. The molecule has 0 fully saturated rings. The van der Waals surface area contributed by atoms with Gasteiger partial charge in [0, 0.05) is 23.2 Å². The second kappa shape index (κ2) is 7.18. The number of hydrogen-bond donors (Lipinski definition) is 1. The molecule has 146 valence electrons. The summed E-state index contributed by atoms with van der Waals surface area (Å²) in [5.41, 5.74) is 4.48. The number of nitrogens with zero attached hydrogens (tertiary/aromatic N) is 2. The van der Waals surface area contributed by atoms with Crippen LogP contribution in [0.3, 0.4) is 0 Å². The lowest BCUT2D eigenvalue weighted by atomic mass is 10.1. The van der Waals surface area contributed by atoms with Crippen LogP contribution in [0.5, 0.6) is 0 Å². The van der Waals surface area contributed by atoms with Crippen LogP contribution in [0, 0.1) is 6.92 Å². The molecule has 1 heterocycles. The Hall–Kier alpha value is -3.45. The third kappa shape index (κ3) is 3.77. The zero-order valence-corrected chi connectivity index (χ0v) is 16.8. The molecular formula is C22H19N3O3S. The highest BCUT2D eigenvalue weighted by Gasteiger charge is 2.15. The standard InChI is InChI=1S/C22H19N3O3S/c1-15-7-12-18(29(2,27)28)13-19(15)22(26)24-16-8-10-17(11-9-16)25-14-23-20-5-3-4-6-21(20)25/h3-14H,1-2H3,(H,24,26). The van der Waals surface area contributed by atoms with E-state index in [-0.39, 0.29) is 10.8 Å². The Morgan fingerprint density at radius 2 is 1.72 bits per heavy atom. The van der Waals surface area contributed by atoms with Gasteiger partial charge in [-0.3, -0.25) is 9.36 Å². The number of anilines is 1. The average molecular weight is 405 g/mol. The molecule has 7 heteroatoms. The zero-order valence-electron chi connectivity index (χ0n) is 16.0. The third-order valence-corrected chi connectivity index (χ3v) is 5.85. The van der Waals surface area contributed by atoms with E-state index in [1.165, 1.54) is 12.1 Å².